The van der Waals surface area contributed by atoms with Crippen molar-refractivity contribution in [2.45, 2.75) is 19.1 Å². The molecule has 4 nitrogen and oxygen atoms in total. The number of hydrogen-bond acceptors (Lipinski definition) is 4. The van der Waals surface area contributed by atoms with E-state index in [1.54, 1.807) is 6.20 Å². The van der Waals surface area contributed by atoms with E-state index < -0.39 is 0 Å². The Morgan fingerprint density at radius 2 is 2.67 bits per heavy atom. The molecule has 0 saturated carbocycles. The van der Waals surface area contributed by atoms with Crippen molar-refractivity contribution in [3.05, 3.63) is 18.0 Å². The molecule has 1 aromatic heterocycles. The fourth-order valence-electron chi connectivity index (χ4n) is 1.50. The topological polar surface area (TPSA) is 49.5 Å². The van der Waals surface area contributed by atoms with Gasteiger partial charge in [-0.15, -0.1) is 0 Å². The number of β-amino-alcohol motifs (C(OH)–C–C–N with tert-alkyl or cyclic N) is 1. The molecule has 1 aliphatic rings. The van der Waals surface area contributed by atoms with E-state index in [-0.39, 0.29) is 6.10 Å². The maximum absolute atomic E-state index is 9.24. The van der Waals surface area contributed by atoms with E-state index in [9.17, 15) is 5.11 Å². The van der Waals surface area contributed by atoms with Gasteiger partial charge in [-0.05, 0) is 6.42 Å². The third kappa shape index (κ3) is 1.65. The molecule has 2 rings (SSSR count). The van der Waals surface area contributed by atoms with Crippen LogP contribution in [0.2, 0.25) is 0 Å². The van der Waals surface area contributed by atoms with Crippen LogP contribution in [-0.2, 0) is 6.54 Å². The molecule has 12 heavy (non-hydrogen) atoms. The zero-order chi connectivity index (χ0) is 8.39. The predicted octanol–water partition coefficient (Wildman–Crippen LogP) is 0.241. The highest BCUT2D eigenvalue weighted by atomic mass is 16.5. The Hall–Kier alpha value is -0.870. The minimum Gasteiger partial charge on any atom is -0.392 e. The van der Waals surface area contributed by atoms with Crippen LogP contribution < -0.4 is 0 Å². The summed E-state index contributed by atoms with van der Waals surface area (Å²) >= 11 is 0. The standard InChI is InChI=1S/C8H12N2O2/c11-7-2-4-10(5-7)6-8-1-3-9-12-8/h1,3,7,11H,2,4-6H2/t7-/m0/s1. The van der Waals surface area contributed by atoms with Crippen LogP contribution in [0.3, 0.4) is 0 Å². The number of aliphatic hydroxyl groups excluding tert-OH is 1. The summed E-state index contributed by atoms with van der Waals surface area (Å²) in [6.07, 6.45) is 2.35. The first-order valence-electron chi connectivity index (χ1n) is 4.14. The summed E-state index contributed by atoms with van der Waals surface area (Å²) in [7, 11) is 0. The molecule has 1 atom stereocenters. The van der Waals surface area contributed by atoms with Crippen LogP contribution in [0.1, 0.15) is 12.2 Å². The second-order valence-electron chi connectivity index (χ2n) is 3.16. The summed E-state index contributed by atoms with van der Waals surface area (Å²) in [5.41, 5.74) is 0. The molecule has 0 radical (unpaired) electrons. The lowest BCUT2D eigenvalue weighted by Gasteiger charge is -2.11. The van der Waals surface area contributed by atoms with Crippen molar-refractivity contribution in [1.82, 2.24) is 10.1 Å². The third-order valence-corrected chi connectivity index (χ3v) is 2.12. The van der Waals surface area contributed by atoms with Crippen molar-refractivity contribution in [1.29, 1.82) is 0 Å². The first-order valence-corrected chi connectivity index (χ1v) is 4.14. The molecule has 66 valence electrons. The molecule has 0 bridgehead atoms. The quantitative estimate of drug-likeness (QED) is 0.687. The van der Waals surface area contributed by atoms with Gasteiger partial charge in [0, 0.05) is 19.2 Å². The van der Waals surface area contributed by atoms with Gasteiger partial charge in [0.05, 0.1) is 18.8 Å². The van der Waals surface area contributed by atoms with Gasteiger partial charge in [0.1, 0.15) is 0 Å². The van der Waals surface area contributed by atoms with Crippen LogP contribution in [0.4, 0.5) is 0 Å². The molecule has 0 unspecified atom stereocenters. The molecule has 0 spiro atoms. The Kier molecular flexibility index (Phi) is 2.10. The van der Waals surface area contributed by atoms with Crippen LogP contribution in [0.15, 0.2) is 16.8 Å². The molecule has 0 aliphatic carbocycles. The van der Waals surface area contributed by atoms with Crippen molar-refractivity contribution in [2.24, 2.45) is 0 Å². The van der Waals surface area contributed by atoms with Crippen LogP contribution in [0, 0.1) is 0 Å². The van der Waals surface area contributed by atoms with E-state index in [1.165, 1.54) is 0 Å². The number of aromatic nitrogens is 1. The van der Waals surface area contributed by atoms with Gasteiger partial charge in [-0.3, -0.25) is 4.90 Å². The van der Waals surface area contributed by atoms with Gasteiger partial charge in [0.2, 0.25) is 0 Å². The van der Waals surface area contributed by atoms with Gasteiger partial charge in [-0.2, -0.15) is 0 Å². The maximum atomic E-state index is 9.24. The van der Waals surface area contributed by atoms with E-state index in [2.05, 4.69) is 10.1 Å². The lowest BCUT2D eigenvalue weighted by Crippen LogP contribution is -2.21. The Balaban J connectivity index is 1.88. The second-order valence-corrected chi connectivity index (χ2v) is 3.16. The predicted molar refractivity (Wildman–Crippen MR) is 42.4 cm³/mol. The fourth-order valence-corrected chi connectivity index (χ4v) is 1.50. The zero-order valence-corrected chi connectivity index (χ0v) is 6.81. The van der Waals surface area contributed by atoms with E-state index in [1.807, 2.05) is 6.07 Å². The molecule has 0 aromatic carbocycles. The van der Waals surface area contributed by atoms with Crippen LogP contribution >= 0.6 is 0 Å². The van der Waals surface area contributed by atoms with E-state index >= 15 is 0 Å². The highest BCUT2D eigenvalue weighted by Gasteiger charge is 2.20. The Bertz CT molecular complexity index is 235. The Morgan fingerprint density at radius 3 is 3.25 bits per heavy atom. The van der Waals surface area contributed by atoms with Crippen molar-refractivity contribution in [3.8, 4) is 0 Å². The molecule has 1 fully saturated rings. The normalized spacial score (nSPS) is 24.9. The number of rotatable bonds is 2. The summed E-state index contributed by atoms with van der Waals surface area (Å²) in [6.45, 7) is 2.46. The molecule has 1 saturated heterocycles. The monoisotopic (exact) mass is 168 g/mol. The van der Waals surface area contributed by atoms with Crippen molar-refractivity contribution < 1.29 is 9.63 Å². The Labute approximate surface area is 70.8 Å². The van der Waals surface area contributed by atoms with Gasteiger partial charge in [0.25, 0.3) is 0 Å². The lowest BCUT2D eigenvalue weighted by molar-refractivity contribution is 0.170. The zero-order valence-electron chi connectivity index (χ0n) is 6.81. The number of aliphatic hydroxyl groups is 1. The summed E-state index contributed by atoms with van der Waals surface area (Å²) < 4.78 is 4.96. The van der Waals surface area contributed by atoms with Crippen LogP contribution in [0.5, 0.6) is 0 Å². The van der Waals surface area contributed by atoms with E-state index in [0.717, 1.165) is 31.8 Å². The SMILES string of the molecule is O[C@H]1CCN(Cc2ccno2)C1. The van der Waals surface area contributed by atoms with Gasteiger partial charge < -0.3 is 9.63 Å². The molecular formula is C8H12N2O2. The fraction of sp³-hybridized carbons (Fsp3) is 0.625. The molecule has 1 N–H and O–H groups in total. The minimum atomic E-state index is -0.159. The van der Waals surface area contributed by atoms with Crippen molar-refractivity contribution in [3.63, 3.8) is 0 Å². The number of hydrogen-bond donors (Lipinski definition) is 1. The van der Waals surface area contributed by atoms with Crippen molar-refractivity contribution >= 4 is 0 Å². The first-order chi connectivity index (χ1) is 5.84. The van der Waals surface area contributed by atoms with Gasteiger partial charge >= 0.3 is 0 Å². The summed E-state index contributed by atoms with van der Waals surface area (Å²) in [6, 6.07) is 1.85. The average molecular weight is 168 g/mol. The smallest absolute Gasteiger partial charge is 0.150 e. The molecule has 2 heterocycles. The summed E-state index contributed by atoms with van der Waals surface area (Å²) in [5.74, 6) is 0.865. The maximum Gasteiger partial charge on any atom is 0.150 e. The third-order valence-electron chi connectivity index (χ3n) is 2.12. The molecular weight excluding hydrogens is 156 g/mol. The lowest BCUT2D eigenvalue weighted by atomic mass is 10.3. The summed E-state index contributed by atoms with van der Waals surface area (Å²) in [5, 5.41) is 12.9. The van der Waals surface area contributed by atoms with Crippen molar-refractivity contribution in [2.75, 3.05) is 13.1 Å². The number of likely N-dealkylation sites (tertiary alicyclic amines) is 1. The van der Waals surface area contributed by atoms with Gasteiger partial charge in [-0.25, -0.2) is 0 Å². The highest BCUT2D eigenvalue weighted by molar-refractivity contribution is 4.93. The average Bonchev–Trinajstić information content (AvgIpc) is 2.63. The van der Waals surface area contributed by atoms with Gasteiger partial charge in [-0.1, -0.05) is 5.16 Å². The van der Waals surface area contributed by atoms with Crippen LogP contribution in [0.25, 0.3) is 0 Å². The highest BCUT2D eigenvalue weighted by Crippen LogP contribution is 2.12. The molecule has 0 amide bonds. The van der Waals surface area contributed by atoms with Gasteiger partial charge in [0.15, 0.2) is 5.76 Å². The molecule has 4 heteroatoms. The molecule has 1 aliphatic heterocycles. The summed E-state index contributed by atoms with van der Waals surface area (Å²) in [4.78, 5) is 2.16. The molecule has 1 aromatic rings. The number of nitrogens with zero attached hydrogens (tertiary/aromatic N) is 2. The second kappa shape index (κ2) is 3.25. The minimum absolute atomic E-state index is 0.159. The van der Waals surface area contributed by atoms with Crippen LogP contribution in [-0.4, -0.2) is 34.4 Å². The first kappa shape index (κ1) is 7.76. The van der Waals surface area contributed by atoms with E-state index in [4.69, 9.17) is 4.52 Å². The Morgan fingerprint density at radius 1 is 1.75 bits per heavy atom. The largest absolute Gasteiger partial charge is 0.392 e. The van der Waals surface area contributed by atoms with E-state index in [0.29, 0.717) is 0 Å².